The zero-order chi connectivity index (χ0) is 14.2. The molecule has 2 atom stereocenters. The van der Waals surface area contributed by atoms with Gasteiger partial charge in [0.25, 0.3) is 5.69 Å². The molecule has 2 rings (SSSR count). The zero-order valence-electron chi connectivity index (χ0n) is 10.2. The Morgan fingerprint density at radius 1 is 1.53 bits per heavy atom. The number of carboxylic acid groups (broad SMARTS) is 1. The van der Waals surface area contributed by atoms with Gasteiger partial charge in [-0.3, -0.25) is 10.1 Å². The van der Waals surface area contributed by atoms with Gasteiger partial charge in [-0.05, 0) is 18.4 Å². The second kappa shape index (κ2) is 4.83. The highest BCUT2D eigenvalue weighted by Crippen LogP contribution is 2.32. The topological polar surface area (TPSA) is 83.7 Å². The number of carbonyl (C=O) groups is 1. The van der Waals surface area contributed by atoms with Crippen LogP contribution in [-0.2, 0) is 4.79 Å². The Morgan fingerprint density at radius 2 is 2.21 bits per heavy atom. The molecular weight excluding hydrogens is 255 g/mol. The second-order valence-corrected chi connectivity index (χ2v) is 4.67. The molecule has 1 aromatic carbocycles. The second-order valence-electron chi connectivity index (χ2n) is 4.67. The first-order chi connectivity index (χ1) is 8.90. The van der Waals surface area contributed by atoms with Gasteiger partial charge < -0.3 is 10.0 Å². The Bertz CT molecular complexity index is 534. The number of aliphatic carboxylic acids is 1. The SMILES string of the molecule is CC1CCN(c2cc(F)cc([N+](=O)[O-])c2)C1C(=O)O. The van der Waals surface area contributed by atoms with Crippen LogP contribution in [-0.4, -0.2) is 28.6 Å². The Labute approximate surface area is 108 Å². The first-order valence-corrected chi connectivity index (χ1v) is 5.84. The molecule has 0 bridgehead atoms. The molecule has 0 spiro atoms. The van der Waals surface area contributed by atoms with Crippen molar-refractivity contribution >= 4 is 17.3 Å². The number of hydrogen-bond acceptors (Lipinski definition) is 4. The van der Waals surface area contributed by atoms with E-state index in [1.807, 2.05) is 0 Å². The lowest BCUT2D eigenvalue weighted by atomic mass is 10.0. The molecule has 1 aliphatic rings. The summed E-state index contributed by atoms with van der Waals surface area (Å²) in [6.07, 6.45) is 0.654. The maximum absolute atomic E-state index is 13.4. The maximum Gasteiger partial charge on any atom is 0.326 e. The first-order valence-electron chi connectivity index (χ1n) is 5.84. The van der Waals surface area contributed by atoms with E-state index in [-0.39, 0.29) is 17.3 Å². The lowest BCUT2D eigenvalue weighted by molar-refractivity contribution is -0.385. The van der Waals surface area contributed by atoms with Crippen molar-refractivity contribution in [1.29, 1.82) is 0 Å². The number of hydrogen-bond donors (Lipinski definition) is 1. The minimum Gasteiger partial charge on any atom is -0.480 e. The molecule has 0 amide bonds. The fourth-order valence-corrected chi connectivity index (χ4v) is 2.44. The van der Waals surface area contributed by atoms with E-state index in [0.29, 0.717) is 13.0 Å². The highest BCUT2D eigenvalue weighted by Gasteiger charge is 2.37. The molecule has 6 nitrogen and oxygen atoms in total. The van der Waals surface area contributed by atoms with Crippen molar-refractivity contribution in [3.05, 3.63) is 34.1 Å². The van der Waals surface area contributed by atoms with Crippen LogP contribution in [0.1, 0.15) is 13.3 Å². The van der Waals surface area contributed by atoms with E-state index in [1.165, 1.54) is 11.0 Å². The van der Waals surface area contributed by atoms with E-state index in [0.717, 1.165) is 12.1 Å². The predicted octanol–water partition coefficient (Wildman–Crippen LogP) is 2.03. The molecule has 7 heteroatoms. The van der Waals surface area contributed by atoms with Gasteiger partial charge in [0, 0.05) is 18.3 Å². The summed E-state index contributed by atoms with van der Waals surface area (Å²) >= 11 is 0. The van der Waals surface area contributed by atoms with E-state index < -0.39 is 22.8 Å². The summed E-state index contributed by atoms with van der Waals surface area (Å²) in [6, 6.07) is 2.37. The van der Waals surface area contributed by atoms with E-state index in [1.54, 1.807) is 6.92 Å². The van der Waals surface area contributed by atoms with Gasteiger partial charge in [0.05, 0.1) is 11.0 Å². The monoisotopic (exact) mass is 268 g/mol. The Balaban J connectivity index is 2.41. The lowest BCUT2D eigenvalue weighted by Gasteiger charge is -2.25. The zero-order valence-corrected chi connectivity index (χ0v) is 10.2. The third kappa shape index (κ3) is 2.49. The van der Waals surface area contributed by atoms with Gasteiger partial charge in [-0.15, -0.1) is 0 Å². The van der Waals surface area contributed by atoms with Crippen molar-refractivity contribution in [2.45, 2.75) is 19.4 Å². The average molecular weight is 268 g/mol. The lowest BCUT2D eigenvalue weighted by Crippen LogP contribution is -2.39. The molecule has 1 aliphatic heterocycles. The highest BCUT2D eigenvalue weighted by atomic mass is 19.1. The largest absolute Gasteiger partial charge is 0.480 e. The van der Waals surface area contributed by atoms with Gasteiger partial charge in [-0.2, -0.15) is 0 Å². The smallest absolute Gasteiger partial charge is 0.326 e. The molecular formula is C12H13FN2O4. The quantitative estimate of drug-likeness (QED) is 0.669. The van der Waals surface area contributed by atoms with Crippen LogP contribution in [0.2, 0.25) is 0 Å². The number of nitro groups is 1. The van der Waals surface area contributed by atoms with Crippen LogP contribution in [0.4, 0.5) is 15.8 Å². The van der Waals surface area contributed by atoms with E-state index in [9.17, 15) is 24.4 Å². The summed E-state index contributed by atoms with van der Waals surface area (Å²) in [6.45, 7) is 2.24. The van der Waals surface area contributed by atoms with E-state index in [4.69, 9.17) is 0 Å². The fraction of sp³-hybridized carbons (Fsp3) is 0.417. The Morgan fingerprint density at radius 3 is 2.79 bits per heavy atom. The third-order valence-electron chi connectivity index (χ3n) is 3.36. The van der Waals surface area contributed by atoms with Crippen LogP contribution in [0.25, 0.3) is 0 Å². The summed E-state index contributed by atoms with van der Waals surface area (Å²) < 4.78 is 13.4. The number of benzene rings is 1. The van der Waals surface area contributed by atoms with Gasteiger partial charge in [-0.1, -0.05) is 6.92 Å². The molecule has 2 unspecified atom stereocenters. The van der Waals surface area contributed by atoms with Crippen molar-refractivity contribution in [2.24, 2.45) is 5.92 Å². The first kappa shape index (κ1) is 13.3. The van der Waals surface area contributed by atoms with Crippen LogP contribution in [0, 0.1) is 21.8 Å². The number of nitrogens with zero attached hydrogens (tertiary/aromatic N) is 2. The number of carboxylic acids is 1. The number of non-ortho nitro benzene ring substituents is 1. The molecule has 1 aromatic rings. The average Bonchev–Trinajstić information content (AvgIpc) is 2.70. The van der Waals surface area contributed by atoms with Crippen molar-refractivity contribution in [1.82, 2.24) is 0 Å². The normalized spacial score (nSPS) is 22.5. The van der Waals surface area contributed by atoms with Crippen LogP contribution in [0.5, 0.6) is 0 Å². The number of nitro benzene ring substituents is 1. The van der Waals surface area contributed by atoms with Crippen LogP contribution in [0.15, 0.2) is 18.2 Å². The van der Waals surface area contributed by atoms with Crippen molar-refractivity contribution in [3.8, 4) is 0 Å². The molecule has 102 valence electrons. The summed E-state index contributed by atoms with van der Waals surface area (Å²) in [5.74, 6) is -1.83. The van der Waals surface area contributed by atoms with E-state index >= 15 is 0 Å². The molecule has 1 saturated heterocycles. The van der Waals surface area contributed by atoms with Gasteiger partial charge in [0.1, 0.15) is 11.9 Å². The molecule has 1 heterocycles. The molecule has 1 fully saturated rings. The standard InChI is InChI=1S/C12H13FN2O4/c1-7-2-3-14(11(7)12(16)17)9-4-8(13)5-10(6-9)15(18)19/h4-7,11H,2-3H2,1H3,(H,16,17). The fourth-order valence-electron chi connectivity index (χ4n) is 2.44. The van der Waals surface area contributed by atoms with Gasteiger partial charge in [-0.25, -0.2) is 9.18 Å². The van der Waals surface area contributed by atoms with Crippen molar-refractivity contribution in [2.75, 3.05) is 11.4 Å². The number of anilines is 1. The maximum atomic E-state index is 13.4. The minimum atomic E-state index is -1.00. The molecule has 1 N–H and O–H groups in total. The molecule has 0 radical (unpaired) electrons. The predicted molar refractivity (Wildman–Crippen MR) is 65.6 cm³/mol. The van der Waals surface area contributed by atoms with Crippen LogP contribution >= 0.6 is 0 Å². The van der Waals surface area contributed by atoms with E-state index in [2.05, 4.69) is 0 Å². The number of rotatable bonds is 3. The Hall–Kier alpha value is -2.18. The number of halogens is 1. The minimum absolute atomic E-state index is 0.0835. The summed E-state index contributed by atoms with van der Waals surface area (Å²) in [7, 11) is 0. The summed E-state index contributed by atoms with van der Waals surface area (Å²) in [4.78, 5) is 22.7. The third-order valence-corrected chi connectivity index (χ3v) is 3.36. The molecule has 0 aliphatic carbocycles. The van der Waals surface area contributed by atoms with Gasteiger partial charge in [0.15, 0.2) is 0 Å². The van der Waals surface area contributed by atoms with Gasteiger partial charge in [0.2, 0.25) is 0 Å². The molecule has 0 aromatic heterocycles. The molecule has 0 saturated carbocycles. The van der Waals surface area contributed by atoms with Gasteiger partial charge >= 0.3 is 5.97 Å². The van der Waals surface area contributed by atoms with Crippen molar-refractivity contribution < 1.29 is 19.2 Å². The summed E-state index contributed by atoms with van der Waals surface area (Å²) in [5, 5.41) is 19.9. The van der Waals surface area contributed by atoms with Crippen molar-refractivity contribution in [3.63, 3.8) is 0 Å². The summed E-state index contributed by atoms with van der Waals surface area (Å²) in [5.41, 5.74) is -0.137. The Kier molecular flexibility index (Phi) is 3.37. The van der Waals surface area contributed by atoms with Crippen LogP contribution < -0.4 is 4.90 Å². The molecule has 19 heavy (non-hydrogen) atoms. The highest BCUT2D eigenvalue weighted by molar-refractivity contribution is 5.79. The van der Waals surface area contributed by atoms with Crippen LogP contribution in [0.3, 0.4) is 0 Å².